The first kappa shape index (κ1) is 103. The van der Waals surface area contributed by atoms with Gasteiger partial charge in [0.05, 0.1) is 56.9 Å². The minimum absolute atomic E-state index is 0. The number of aromatic nitrogens is 10. The maximum atomic E-state index is 5.30. The topological polar surface area (TPSA) is 629 Å². The molecular formula is C50H68I2N20O8Re2-10. The number of rotatable bonds is 0. The normalized spacial score (nSPS) is 7.32. The molecule has 2 radical (unpaired) electrons. The van der Waals surface area contributed by atoms with Gasteiger partial charge >= 0.3 is 0 Å². The Hall–Kier alpha value is -8.04. The molecule has 0 bridgehead atoms. The van der Waals surface area contributed by atoms with Gasteiger partial charge in [-0.05, 0) is 121 Å². The summed E-state index contributed by atoms with van der Waals surface area (Å²) < 4.78 is 0. The van der Waals surface area contributed by atoms with Crippen LogP contribution in [-0.4, -0.2) is 71.7 Å². The fourth-order valence-corrected chi connectivity index (χ4v) is 3.76. The molecule has 454 valence electrons. The standard InChI is InChI=1S/10C5H6N2.2HI.4H2O.4O.2Re/c10*6-5-2-1-3-7-4-5;;;;;;;;;;;;/h10*1-4H,6H2;2*1H;4*1H2;;;;;;/q;;;;;;;;;;;;;;;;4*-2;;/p-2. The predicted octanol–water partition coefficient (Wildman–Crippen LogP) is -3.13. The molecule has 0 unspecified atom stereocenters. The van der Waals surface area contributed by atoms with E-state index >= 15 is 0 Å². The van der Waals surface area contributed by atoms with Crippen molar-refractivity contribution in [2.24, 2.45) is 0 Å². The molecule has 0 saturated heterocycles. The molecule has 0 saturated carbocycles. The van der Waals surface area contributed by atoms with Gasteiger partial charge in [0.1, 0.15) is 0 Å². The number of anilines is 10. The summed E-state index contributed by atoms with van der Waals surface area (Å²) in [4.78, 5) is 37.6. The van der Waals surface area contributed by atoms with Crippen LogP contribution in [0.4, 0.5) is 56.9 Å². The van der Waals surface area contributed by atoms with Crippen molar-refractivity contribution >= 4 is 56.9 Å². The Morgan fingerprint density at radius 3 is 0.280 bits per heavy atom. The van der Waals surface area contributed by atoms with E-state index in [1.807, 2.05) is 0 Å². The number of hydrogen-bond donors (Lipinski definition) is 10. The molecule has 10 rings (SSSR count). The molecule has 0 fully saturated rings. The Kier molecular flexibility index (Phi) is 91.3. The fourth-order valence-electron chi connectivity index (χ4n) is 3.76. The number of halogens is 2. The van der Waals surface area contributed by atoms with E-state index in [4.69, 9.17) is 57.3 Å². The smallest absolute Gasteiger partial charge is 0.0500 e. The third-order valence-electron chi connectivity index (χ3n) is 6.84. The van der Waals surface area contributed by atoms with Crippen LogP contribution < -0.4 is 105 Å². The molecular weight excluding hydrogens is 1630 g/mol. The van der Waals surface area contributed by atoms with Gasteiger partial charge in [-0.25, -0.2) is 0 Å². The van der Waals surface area contributed by atoms with Gasteiger partial charge in [0.25, 0.3) is 0 Å². The second-order valence-corrected chi connectivity index (χ2v) is 12.9. The Balaban J connectivity index is -0.0000000653. The third kappa shape index (κ3) is 70.0. The molecule has 0 aliphatic rings. The fraction of sp³-hybridized carbons (Fsp3) is 0. The number of nitrogen functional groups attached to an aromatic ring is 10. The van der Waals surface area contributed by atoms with Gasteiger partial charge in [0, 0.05) is 165 Å². The molecule has 0 spiro atoms. The zero-order valence-corrected chi connectivity index (χ0v) is 53.2. The van der Waals surface area contributed by atoms with E-state index in [1.54, 1.807) is 245 Å². The molecule has 0 amide bonds. The maximum absolute atomic E-state index is 5.30. The zero-order valence-electron chi connectivity index (χ0n) is 43.5. The number of hydrogen-bond acceptors (Lipinski definition) is 20. The molecule has 0 aliphatic carbocycles. The first-order valence-electron chi connectivity index (χ1n) is 20.5. The number of pyridine rings is 10. The number of nitrogens with two attached hydrogens (primary N) is 10. The van der Waals surface area contributed by atoms with Crippen LogP contribution in [0.3, 0.4) is 0 Å². The van der Waals surface area contributed by atoms with Gasteiger partial charge in [-0.2, -0.15) is 0 Å². The van der Waals surface area contributed by atoms with Crippen molar-refractivity contribution in [1.82, 2.24) is 49.8 Å². The van der Waals surface area contributed by atoms with Crippen LogP contribution in [0.2, 0.25) is 0 Å². The molecule has 82 heavy (non-hydrogen) atoms. The minimum Gasteiger partial charge on any atom is -2.00 e. The van der Waals surface area contributed by atoms with E-state index in [1.165, 1.54) is 0 Å². The molecule has 28 nitrogen and oxygen atoms in total. The first-order chi connectivity index (χ1) is 33.9. The summed E-state index contributed by atoms with van der Waals surface area (Å²) >= 11 is 0. The second kappa shape index (κ2) is 73.0. The number of nitrogens with zero attached hydrogens (tertiary/aromatic N) is 10. The largest absolute Gasteiger partial charge is 2.00 e. The summed E-state index contributed by atoms with van der Waals surface area (Å²) in [5.41, 5.74) is 60.1. The van der Waals surface area contributed by atoms with Gasteiger partial charge in [-0.1, -0.05) is 0 Å². The van der Waals surface area contributed by atoms with Crippen molar-refractivity contribution in [3.05, 3.63) is 245 Å². The van der Waals surface area contributed by atoms with Crippen molar-refractivity contribution < 1.29 is 133 Å². The molecule has 10 aromatic heterocycles. The second-order valence-electron chi connectivity index (χ2n) is 12.9. The van der Waals surface area contributed by atoms with Crippen molar-refractivity contribution in [1.29, 1.82) is 0 Å². The van der Waals surface area contributed by atoms with Gasteiger partial charge in [0.2, 0.25) is 0 Å². The van der Waals surface area contributed by atoms with E-state index in [2.05, 4.69) is 49.8 Å². The molecule has 28 N–H and O–H groups in total. The maximum Gasteiger partial charge on any atom is 0.0500 e. The van der Waals surface area contributed by atoms with E-state index in [9.17, 15) is 0 Å². The Morgan fingerprint density at radius 2 is 0.256 bits per heavy atom. The van der Waals surface area contributed by atoms with Crippen molar-refractivity contribution in [2.45, 2.75) is 0 Å². The Bertz CT molecular complexity index is 2050. The van der Waals surface area contributed by atoms with Gasteiger partial charge in [-0.3, -0.25) is 49.8 Å². The minimum atomic E-state index is 0. The average molecular weight is 1700 g/mol. The van der Waals surface area contributed by atoms with Gasteiger partial charge in [-0.15, -0.1) is 0 Å². The van der Waals surface area contributed by atoms with Crippen molar-refractivity contribution in [2.75, 3.05) is 57.3 Å². The van der Waals surface area contributed by atoms with E-state index in [0.717, 1.165) is 0 Å². The van der Waals surface area contributed by atoms with Crippen molar-refractivity contribution in [3.63, 3.8) is 0 Å². The van der Waals surface area contributed by atoms with Crippen LogP contribution in [0.15, 0.2) is 245 Å². The van der Waals surface area contributed by atoms with E-state index in [-0.39, 0.29) is 133 Å². The van der Waals surface area contributed by atoms with E-state index < -0.39 is 0 Å². The molecule has 0 aliphatic heterocycles. The van der Waals surface area contributed by atoms with Crippen LogP contribution in [0, 0.1) is 0 Å². The van der Waals surface area contributed by atoms with Crippen LogP contribution >= 0.6 is 0 Å². The SMILES string of the molecule is Nc1cccnc1.Nc1cccnc1.Nc1cccnc1.Nc1cccnc1.Nc1cccnc1.Nc1cccnc1.Nc1cccnc1.Nc1cccnc1.Nc1cccnc1.Nc1cccnc1.O.O.O.O.[I-].[I-].[O-2].[O-2].[O-2].[O-2].[Re].[Re]. The summed E-state index contributed by atoms with van der Waals surface area (Å²) in [7, 11) is 0. The zero-order chi connectivity index (χ0) is 51.1. The summed E-state index contributed by atoms with van der Waals surface area (Å²) in [5, 5.41) is 0. The Labute approximate surface area is 537 Å². The Morgan fingerprint density at radius 1 is 0.183 bits per heavy atom. The van der Waals surface area contributed by atoms with E-state index in [0.29, 0.717) is 56.9 Å². The summed E-state index contributed by atoms with van der Waals surface area (Å²) in [6, 6.07) is 36.0. The molecule has 32 heteroatoms. The van der Waals surface area contributed by atoms with Crippen LogP contribution in [0.1, 0.15) is 0 Å². The monoisotopic (exact) mass is 1700 g/mol. The summed E-state index contributed by atoms with van der Waals surface area (Å²) in [6.45, 7) is 0. The summed E-state index contributed by atoms with van der Waals surface area (Å²) in [6.07, 6.45) is 33.0. The molecule has 0 atom stereocenters. The molecule has 10 aromatic rings. The molecule has 0 aromatic carbocycles. The predicted molar refractivity (Wildman–Crippen MR) is 304 cm³/mol. The van der Waals surface area contributed by atoms with Crippen LogP contribution in [-0.2, 0) is 62.8 Å². The van der Waals surface area contributed by atoms with Gasteiger partial charge in [0.15, 0.2) is 0 Å². The average Bonchev–Trinajstić information content (AvgIpc) is 3.38. The van der Waals surface area contributed by atoms with Crippen LogP contribution in [0.25, 0.3) is 0 Å². The summed E-state index contributed by atoms with van der Waals surface area (Å²) in [5.74, 6) is 0. The molecule has 10 heterocycles. The van der Waals surface area contributed by atoms with Gasteiger partial charge < -0.3 is 149 Å². The quantitative estimate of drug-likeness (QED) is 0.0671. The third-order valence-corrected chi connectivity index (χ3v) is 6.84. The van der Waals surface area contributed by atoms with Crippen LogP contribution in [0.5, 0.6) is 0 Å². The first-order valence-corrected chi connectivity index (χ1v) is 20.5. The van der Waals surface area contributed by atoms with Crippen molar-refractivity contribution in [3.8, 4) is 0 Å².